The quantitative estimate of drug-likeness (QED) is 0.921. The summed E-state index contributed by atoms with van der Waals surface area (Å²) in [5, 5.41) is 2.42. The summed E-state index contributed by atoms with van der Waals surface area (Å²) in [4.78, 5) is 25.3. The van der Waals surface area contributed by atoms with Gasteiger partial charge in [0, 0.05) is 38.4 Å². The number of benzene rings is 1. The van der Waals surface area contributed by atoms with Crippen LogP contribution in [-0.2, 0) is 0 Å². The SMILES string of the molecule is Cc1nc(N2CCN(C)CC2)ncc1C(=O)Nc1ccc(F)cc1F. The molecule has 1 aliphatic rings. The molecule has 132 valence electrons. The number of halogens is 2. The molecule has 1 fully saturated rings. The monoisotopic (exact) mass is 347 g/mol. The highest BCUT2D eigenvalue weighted by molar-refractivity contribution is 6.04. The fourth-order valence-electron chi connectivity index (χ4n) is 2.62. The Kier molecular flexibility index (Phi) is 4.89. The van der Waals surface area contributed by atoms with Crippen molar-refractivity contribution in [2.45, 2.75) is 6.92 Å². The van der Waals surface area contributed by atoms with Crippen LogP contribution in [0.5, 0.6) is 0 Å². The second kappa shape index (κ2) is 7.10. The van der Waals surface area contributed by atoms with Gasteiger partial charge in [-0.3, -0.25) is 4.79 Å². The molecule has 0 radical (unpaired) electrons. The van der Waals surface area contributed by atoms with Crippen LogP contribution in [0, 0.1) is 18.6 Å². The molecule has 1 aromatic carbocycles. The van der Waals surface area contributed by atoms with Crippen LogP contribution in [0.15, 0.2) is 24.4 Å². The van der Waals surface area contributed by atoms with Crippen LogP contribution in [0.3, 0.4) is 0 Å². The summed E-state index contributed by atoms with van der Waals surface area (Å²) in [6.45, 7) is 5.20. The van der Waals surface area contributed by atoms with E-state index in [1.807, 2.05) is 0 Å². The van der Waals surface area contributed by atoms with Gasteiger partial charge in [0.1, 0.15) is 11.6 Å². The number of rotatable bonds is 3. The van der Waals surface area contributed by atoms with E-state index >= 15 is 0 Å². The van der Waals surface area contributed by atoms with Gasteiger partial charge in [-0.05, 0) is 26.1 Å². The maximum atomic E-state index is 13.7. The molecular formula is C17H19F2N5O. The molecule has 1 saturated heterocycles. The fourth-order valence-corrected chi connectivity index (χ4v) is 2.62. The van der Waals surface area contributed by atoms with Crippen molar-refractivity contribution in [1.82, 2.24) is 14.9 Å². The third-order valence-corrected chi connectivity index (χ3v) is 4.18. The standard InChI is InChI=1S/C17H19F2N5O/c1-11-13(16(25)22-15-4-3-12(18)9-14(15)19)10-20-17(21-11)24-7-5-23(2)6-8-24/h3-4,9-10H,5-8H2,1-2H3,(H,22,25). The number of likely N-dealkylation sites (N-methyl/N-ethyl adjacent to an activating group) is 1. The van der Waals surface area contributed by atoms with Crippen LogP contribution in [0.25, 0.3) is 0 Å². The molecule has 2 heterocycles. The number of aryl methyl sites for hydroxylation is 1. The lowest BCUT2D eigenvalue weighted by Crippen LogP contribution is -2.45. The highest BCUT2D eigenvalue weighted by atomic mass is 19.1. The van der Waals surface area contributed by atoms with E-state index in [1.54, 1.807) is 6.92 Å². The molecule has 8 heteroatoms. The second-order valence-corrected chi connectivity index (χ2v) is 6.04. The van der Waals surface area contributed by atoms with Gasteiger partial charge in [-0.25, -0.2) is 18.7 Å². The van der Waals surface area contributed by atoms with E-state index in [0.717, 1.165) is 38.3 Å². The first kappa shape index (κ1) is 17.2. The number of amides is 1. The van der Waals surface area contributed by atoms with Crippen molar-refractivity contribution < 1.29 is 13.6 Å². The van der Waals surface area contributed by atoms with E-state index in [0.29, 0.717) is 11.6 Å². The van der Waals surface area contributed by atoms with Crippen LogP contribution in [0.4, 0.5) is 20.4 Å². The Hall–Kier alpha value is -2.61. The number of aromatic nitrogens is 2. The van der Waals surface area contributed by atoms with E-state index in [2.05, 4.69) is 32.1 Å². The van der Waals surface area contributed by atoms with Gasteiger partial charge in [-0.2, -0.15) is 0 Å². The van der Waals surface area contributed by atoms with Crippen LogP contribution >= 0.6 is 0 Å². The van der Waals surface area contributed by atoms with E-state index in [4.69, 9.17) is 0 Å². The molecule has 0 bridgehead atoms. The second-order valence-electron chi connectivity index (χ2n) is 6.04. The Morgan fingerprint density at radius 1 is 1.20 bits per heavy atom. The topological polar surface area (TPSA) is 61.4 Å². The van der Waals surface area contributed by atoms with Crippen LogP contribution in [0.1, 0.15) is 16.1 Å². The van der Waals surface area contributed by atoms with Gasteiger partial charge in [0.2, 0.25) is 5.95 Å². The molecule has 0 unspecified atom stereocenters. The summed E-state index contributed by atoms with van der Waals surface area (Å²) in [6.07, 6.45) is 1.44. The van der Waals surface area contributed by atoms with Gasteiger partial charge < -0.3 is 15.1 Å². The zero-order chi connectivity index (χ0) is 18.0. The summed E-state index contributed by atoms with van der Waals surface area (Å²) in [5.41, 5.74) is 0.666. The molecule has 0 saturated carbocycles. The summed E-state index contributed by atoms with van der Waals surface area (Å²) < 4.78 is 26.6. The maximum absolute atomic E-state index is 13.7. The number of hydrogen-bond donors (Lipinski definition) is 1. The molecule has 0 atom stereocenters. The number of carbonyl (C=O) groups is 1. The van der Waals surface area contributed by atoms with Crippen molar-refractivity contribution in [3.8, 4) is 0 Å². The molecule has 2 aromatic rings. The lowest BCUT2D eigenvalue weighted by molar-refractivity contribution is 0.102. The smallest absolute Gasteiger partial charge is 0.259 e. The molecule has 1 aromatic heterocycles. The summed E-state index contributed by atoms with van der Waals surface area (Å²) in [7, 11) is 2.06. The third kappa shape index (κ3) is 3.90. The van der Waals surface area contributed by atoms with E-state index in [1.165, 1.54) is 12.3 Å². The van der Waals surface area contributed by atoms with E-state index in [9.17, 15) is 13.6 Å². The Balaban J connectivity index is 1.75. The molecule has 1 N–H and O–H groups in total. The van der Waals surface area contributed by atoms with Gasteiger partial charge in [-0.15, -0.1) is 0 Å². The lowest BCUT2D eigenvalue weighted by atomic mass is 10.2. The summed E-state index contributed by atoms with van der Waals surface area (Å²) in [5.74, 6) is -1.49. The van der Waals surface area contributed by atoms with Crippen molar-refractivity contribution in [2.24, 2.45) is 0 Å². The van der Waals surface area contributed by atoms with Gasteiger partial charge in [-0.1, -0.05) is 0 Å². The number of nitrogens with one attached hydrogen (secondary N) is 1. The zero-order valence-corrected chi connectivity index (χ0v) is 14.1. The largest absolute Gasteiger partial charge is 0.338 e. The van der Waals surface area contributed by atoms with Crippen LogP contribution < -0.4 is 10.2 Å². The summed E-state index contributed by atoms with van der Waals surface area (Å²) >= 11 is 0. The predicted molar refractivity (Wildman–Crippen MR) is 90.8 cm³/mol. The molecular weight excluding hydrogens is 328 g/mol. The zero-order valence-electron chi connectivity index (χ0n) is 14.1. The normalized spacial score (nSPS) is 15.3. The van der Waals surface area contributed by atoms with Crippen molar-refractivity contribution in [2.75, 3.05) is 43.4 Å². The minimum atomic E-state index is -0.832. The minimum Gasteiger partial charge on any atom is -0.338 e. The highest BCUT2D eigenvalue weighted by Crippen LogP contribution is 2.18. The van der Waals surface area contributed by atoms with E-state index < -0.39 is 17.5 Å². The number of piperazine rings is 1. The number of anilines is 2. The molecule has 0 aliphatic carbocycles. The number of carbonyl (C=O) groups excluding carboxylic acids is 1. The van der Waals surface area contributed by atoms with Gasteiger partial charge in [0.05, 0.1) is 16.9 Å². The van der Waals surface area contributed by atoms with Crippen molar-refractivity contribution >= 4 is 17.5 Å². The van der Waals surface area contributed by atoms with Crippen molar-refractivity contribution in [1.29, 1.82) is 0 Å². The first-order chi connectivity index (χ1) is 11.9. The highest BCUT2D eigenvalue weighted by Gasteiger charge is 2.19. The van der Waals surface area contributed by atoms with Gasteiger partial charge >= 0.3 is 0 Å². The molecule has 1 amide bonds. The first-order valence-corrected chi connectivity index (χ1v) is 7.97. The Morgan fingerprint density at radius 3 is 2.56 bits per heavy atom. The molecule has 25 heavy (non-hydrogen) atoms. The Bertz CT molecular complexity index is 791. The van der Waals surface area contributed by atoms with Crippen LogP contribution in [0.2, 0.25) is 0 Å². The molecule has 1 aliphatic heterocycles. The average molecular weight is 347 g/mol. The Labute approximate surface area is 144 Å². The first-order valence-electron chi connectivity index (χ1n) is 7.97. The van der Waals surface area contributed by atoms with Crippen LogP contribution in [-0.4, -0.2) is 54.0 Å². The maximum Gasteiger partial charge on any atom is 0.259 e. The molecule has 6 nitrogen and oxygen atoms in total. The lowest BCUT2D eigenvalue weighted by Gasteiger charge is -2.32. The number of nitrogens with zero attached hydrogens (tertiary/aromatic N) is 4. The van der Waals surface area contributed by atoms with Gasteiger partial charge in [0.25, 0.3) is 5.91 Å². The Morgan fingerprint density at radius 2 is 1.92 bits per heavy atom. The number of hydrogen-bond acceptors (Lipinski definition) is 5. The molecule has 3 rings (SSSR count). The van der Waals surface area contributed by atoms with Crippen molar-refractivity contribution in [3.05, 3.63) is 47.3 Å². The average Bonchev–Trinajstić information content (AvgIpc) is 2.58. The van der Waals surface area contributed by atoms with Gasteiger partial charge in [0.15, 0.2) is 0 Å². The van der Waals surface area contributed by atoms with E-state index in [-0.39, 0.29) is 11.3 Å². The predicted octanol–water partition coefficient (Wildman–Crippen LogP) is 2.07. The molecule has 0 spiro atoms. The van der Waals surface area contributed by atoms with Crippen molar-refractivity contribution in [3.63, 3.8) is 0 Å². The minimum absolute atomic E-state index is 0.0889. The fraction of sp³-hybridized carbons (Fsp3) is 0.353. The third-order valence-electron chi connectivity index (χ3n) is 4.18. The summed E-state index contributed by atoms with van der Waals surface area (Å²) in [6, 6.07) is 2.98.